The number of rotatable bonds is 6. The molecule has 1 fully saturated rings. The number of hydrogen-bond acceptors (Lipinski definition) is 3. The molecule has 1 unspecified atom stereocenters. The summed E-state index contributed by atoms with van der Waals surface area (Å²) in [5.74, 6) is 0. The van der Waals surface area contributed by atoms with Crippen LogP contribution in [-0.4, -0.2) is 24.2 Å². The molecule has 21 heavy (non-hydrogen) atoms. The smallest absolute Gasteiger partial charge is 0.0703 e. The van der Waals surface area contributed by atoms with Crippen LogP contribution in [0.5, 0.6) is 0 Å². The lowest BCUT2D eigenvalue weighted by atomic mass is 10.1. The van der Waals surface area contributed by atoms with Crippen molar-refractivity contribution in [3.63, 3.8) is 0 Å². The first-order valence-electron chi connectivity index (χ1n) is 7.71. The normalized spacial score (nSPS) is 18.5. The zero-order chi connectivity index (χ0) is 14.5. The Hall–Kier alpha value is -1.16. The number of thiophene rings is 1. The summed E-state index contributed by atoms with van der Waals surface area (Å²) < 4.78 is 5.82. The molecule has 3 rings (SSSR count). The molecule has 1 aliphatic rings. The molecule has 1 aromatic heterocycles. The number of benzene rings is 1. The molecule has 1 aliphatic heterocycles. The lowest BCUT2D eigenvalue weighted by molar-refractivity contribution is 0.0682. The van der Waals surface area contributed by atoms with E-state index in [4.69, 9.17) is 4.74 Å². The monoisotopic (exact) mass is 301 g/mol. The standard InChI is InChI=1S/C18H23NOS/c1-15-6-8-16(9-7-15)12-19(13-17-4-2-10-20-17)14-18-5-3-11-21-18/h3,5-9,11,17H,2,4,10,12-14H2,1H3. The van der Waals surface area contributed by atoms with Gasteiger partial charge in [-0.25, -0.2) is 0 Å². The van der Waals surface area contributed by atoms with E-state index in [1.165, 1.54) is 28.8 Å². The molecule has 0 aliphatic carbocycles. The van der Waals surface area contributed by atoms with Crippen LogP contribution < -0.4 is 0 Å². The van der Waals surface area contributed by atoms with Crippen LogP contribution in [0, 0.1) is 6.92 Å². The molecule has 0 spiro atoms. The van der Waals surface area contributed by atoms with Gasteiger partial charge in [0.25, 0.3) is 0 Å². The van der Waals surface area contributed by atoms with Gasteiger partial charge in [0.05, 0.1) is 6.10 Å². The highest BCUT2D eigenvalue weighted by molar-refractivity contribution is 7.09. The van der Waals surface area contributed by atoms with Crippen molar-refractivity contribution in [1.82, 2.24) is 4.90 Å². The van der Waals surface area contributed by atoms with Crippen LogP contribution in [0.2, 0.25) is 0 Å². The molecular formula is C18H23NOS. The third kappa shape index (κ3) is 4.40. The molecule has 0 N–H and O–H groups in total. The number of hydrogen-bond donors (Lipinski definition) is 0. The van der Waals surface area contributed by atoms with Crippen LogP contribution in [0.4, 0.5) is 0 Å². The van der Waals surface area contributed by atoms with E-state index in [0.717, 1.165) is 26.2 Å². The maximum Gasteiger partial charge on any atom is 0.0703 e. The van der Waals surface area contributed by atoms with Crippen molar-refractivity contribution in [2.75, 3.05) is 13.2 Å². The zero-order valence-electron chi connectivity index (χ0n) is 12.6. The van der Waals surface area contributed by atoms with Crippen LogP contribution in [-0.2, 0) is 17.8 Å². The van der Waals surface area contributed by atoms with E-state index in [0.29, 0.717) is 6.10 Å². The van der Waals surface area contributed by atoms with E-state index in [-0.39, 0.29) is 0 Å². The Bertz CT molecular complexity index is 529. The Morgan fingerprint density at radius 3 is 2.71 bits per heavy atom. The van der Waals surface area contributed by atoms with E-state index in [9.17, 15) is 0 Å². The van der Waals surface area contributed by atoms with Crippen molar-refractivity contribution in [2.24, 2.45) is 0 Å². The van der Waals surface area contributed by atoms with Gasteiger partial charge in [0, 0.05) is 31.1 Å². The molecule has 1 atom stereocenters. The third-order valence-corrected chi connectivity index (χ3v) is 4.83. The molecule has 1 aromatic carbocycles. The van der Waals surface area contributed by atoms with Gasteiger partial charge in [-0.3, -0.25) is 4.90 Å². The summed E-state index contributed by atoms with van der Waals surface area (Å²) in [6.07, 6.45) is 2.83. The molecule has 0 radical (unpaired) electrons. The van der Waals surface area contributed by atoms with Gasteiger partial charge in [-0.1, -0.05) is 35.9 Å². The highest BCUT2D eigenvalue weighted by Gasteiger charge is 2.19. The van der Waals surface area contributed by atoms with E-state index in [2.05, 4.69) is 53.6 Å². The zero-order valence-corrected chi connectivity index (χ0v) is 13.4. The van der Waals surface area contributed by atoms with E-state index >= 15 is 0 Å². The van der Waals surface area contributed by atoms with E-state index in [1.54, 1.807) is 0 Å². The fourth-order valence-electron chi connectivity index (χ4n) is 2.84. The molecule has 2 heterocycles. The second-order valence-corrected chi connectivity index (χ2v) is 6.90. The predicted molar refractivity (Wildman–Crippen MR) is 88.6 cm³/mol. The highest BCUT2D eigenvalue weighted by Crippen LogP contribution is 2.19. The lowest BCUT2D eigenvalue weighted by Crippen LogP contribution is -2.31. The topological polar surface area (TPSA) is 12.5 Å². The first kappa shape index (κ1) is 14.8. The second kappa shape index (κ2) is 7.21. The van der Waals surface area contributed by atoms with Gasteiger partial charge in [-0.2, -0.15) is 0 Å². The minimum absolute atomic E-state index is 0.412. The third-order valence-electron chi connectivity index (χ3n) is 3.97. The summed E-state index contributed by atoms with van der Waals surface area (Å²) >= 11 is 1.84. The molecular weight excluding hydrogens is 278 g/mol. The maximum absolute atomic E-state index is 5.82. The Balaban J connectivity index is 1.66. The van der Waals surface area contributed by atoms with Gasteiger partial charge in [0.2, 0.25) is 0 Å². The molecule has 1 saturated heterocycles. The number of ether oxygens (including phenoxy) is 1. The van der Waals surface area contributed by atoms with Gasteiger partial charge in [0.1, 0.15) is 0 Å². The summed E-state index contributed by atoms with van der Waals surface area (Å²) in [7, 11) is 0. The Labute approximate surface area is 131 Å². The van der Waals surface area contributed by atoms with Crippen molar-refractivity contribution >= 4 is 11.3 Å². The second-order valence-electron chi connectivity index (χ2n) is 5.87. The molecule has 0 bridgehead atoms. The fourth-order valence-corrected chi connectivity index (χ4v) is 3.58. The van der Waals surface area contributed by atoms with E-state index < -0.39 is 0 Å². The average molecular weight is 301 g/mol. The van der Waals surface area contributed by atoms with Gasteiger partial charge in [-0.15, -0.1) is 11.3 Å². The van der Waals surface area contributed by atoms with Crippen molar-refractivity contribution in [3.8, 4) is 0 Å². The molecule has 0 saturated carbocycles. The van der Waals surface area contributed by atoms with Gasteiger partial charge in [-0.05, 0) is 36.8 Å². The summed E-state index contributed by atoms with van der Waals surface area (Å²) in [5.41, 5.74) is 2.71. The maximum atomic E-state index is 5.82. The molecule has 3 heteroatoms. The van der Waals surface area contributed by atoms with Crippen molar-refractivity contribution < 1.29 is 4.74 Å². The molecule has 2 nitrogen and oxygen atoms in total. The van der Waals surface area contributed by atoms with Gasteiger partial charge >= 0.3 is 0 Å². The minimum atomic E-state index is 0.412. The van der Waals surface area contributed by atoms with Crippen LogP contribution in [0.3, 0.4) is 0 Å². The number of nitrogens with zero attached hydrogens (tertiary/aromatic N) is 1. The summed E-state index contributed by atoms with van der Waals surface area (Å²) in [5, 5.41) is 2.16. The SMILES string of the molecule is Cc1ccc(CN(Cc2cccs2)CC2CCCO2)cc1. The Kier molecular flexibility index (Phi) is 5.07. The van der Waals surface area contributed by atoms with Gasteiger partial charge in [0.15, 0.2) is 0 Å². The highest BCUT2D eigenvalue weighted by atomic mass is 32.1. The predicted octanol–water partition coefficient (Wildman–Crippen LogP) is 4.24. The first-order valence-corrected chi connectivity index (χ1v) is 8.59. The van der Waals surface area contributed by atoms with Crippen molar-refractivity contribution in [1.29, 1.82) is 0 Å². The largest absolute Gasteiger partial charge is 0.377 e. The molecule has 112 valence electrons. The van der Waals surface area contributed by atoms with Crippen LogP contribution in [0.1, 0.15) is 28.8 Å². The lowest BCUT2D eigenvalue weighted by Gasteiger charge is -2.25. The fraction of sp³-hybridized carbons (Fsp3) is 0.444. The molecule has 0 amide bonds. The number of aryl methyl sites for hydroxylation is 1. The first-order chi connectivity index (χ1) is 10.3. The minimum Gasteiger partial charge on any atom is -0.377 e. The summed E-state index contributed by atoms with van der Waals surface area (Å²) in [4.78, 5) is 3.95. The van der Waals surface area contributed by atoms with Crippen molar-refractivity contribution in [2.45, 2.75) is 39.0 Å². The Morgan fingerprint density at radius 2 is 2.05 bits per heavy atom. The Morgan fingerprint density at radius 1 is 1.19 bits per heavy atom. The van der Waals surface area contributed by atoms with Gasteiger partial charge < -0.3 is 4.74 Å². The average Bonchev–Trinajstić information content (AvgIpc) is 3.15. The van der Waals surface area contributed by atoms with Crippen LogP contribution in [0.25, 0.3) is 0 Å². The van der Waals surface area contributed by atoms with E-state index in [1.807, 2.05) is 11.3 Å². The summed E-state index contributed by atoms with van der Waals surface area (Å²) in [6.45, 7) is 6.12. The van der Waals surface area contributed by atoms with Crippen LogP contribution in [0.15, 0.2) is 41.8 Å². The van der Waals surface area contributed by atoms with Crippen molar-refractivity contribution in [3.05, 3.63) is 57.8 Å². The molecule has 2 aromatic rings. The summed E-state index contributed by atoms with van der Waals surface area (Å²) in [6, 6.07) is 13.2. The van der Waals surface area contributed by atoms with Crippen LogP contribution >= 0.6 is 11.3 Å². The quantitative estimate of drug-likeness (QED) is 0.791.